The molecule has 8 nitrogen and oxygen atoms in total. The number of furan rings is 1. The van der Waals surface area contributed by atoms with E-state index in [1.165, 1.54) is 0 Å². The lowest BCUT2D eigenvalue weighted by atomic mass is 10.3. The first kappa shape index (κ1) is 13.3. The minimum Gasteiger partial charge on any atom is -0.467 e. The van der Waals surface area contributed by atoms with Crippen LogP contribution >= 0.6 is 0 Å². The van der Waals surface area contributed by atoms with Crippen LogP contribution in [0.2, 0.25) is 0 Å². The van der Waals surface area contributed by atoms with Crippen molar-refractivity contribution in [3.05, 3.63) is 40.0 Å². The molecule has 2 aromatic heterocycles. The summed E-state index contributed by atoms with van der Waals surface area (Å²) in [5.41, 5.74) is 5.84. The molecule has 2 aromatic rings. The maximum atomic E-state index is 11.3. The van der Waals surface area contributed by atoms with Crippen molar-refractivity contribution < 1.29 is 9.34 Å². The smallest absolute Gasteiger partial charge is 0.332 e. The first-order chi connectivity index (χ1) is 10.1. The maximum absolute atomic E-state index is 11.3. The normalized spacial score (nSPS) is 14.1. The number of hydrogen-bond acceptors (Lipinski definition) is 7. The SMILES string of the molecule is Cc1nc(N)nc(N(Cc2ccco2)C2CC2)c1[N+](=O)[O-]. The van der Waals surface area contributed by atoms with Gasteiger partial charge in [-0.05, 0) is 31.9 Å². The number of nitrogens with two attached hydrogens (primary N) is 1. The summed E-state index contributed by atoms with van der Waals surface area (Å²) in [5.74, 6) is 1.04. The molecule has 2 N–H and O–H groups in total. The van der Waals surface area contributed by atoms with Gasteiger partial charge in [0.2, 0.25) is 11.8 Å². The van der Waals surface area contributed by atoms with Gasteiger partial charge in [-0.15, -0.1) is 0 Å². The highest BCUT2D eigenvalue weighted by molar-refractivity contribution is 5.63. The summed E-state index contributed by atoms with van der Waals surface area (Å²) in [7, 11) is 0. The van der Waals surface area contributed by atoms with Crippen molar-refractivity contribution in [2.45, 2.75) is 32.4 Å². The quantitative estimate of drug-likeness (QED) is 0.662. The Balaban J connectivity index is 2.04. The van der Waals surface area contributed by atoms with Gasteiger partial charge in [0.1, 0.15) is 11.5 Å². The monoisotopic (exact) mass is 289 g/mol. The zero-order valence-corrected chi connectivity index (χ0v) is 11.5. The number of aryl methyl sites for hydroxylation is 1. The molecule has 8 heteroatoms. The number of aromatic nitrogens is 2. The molecule has 0 amide bonds. The number of rotatable bonds is 5. The standard InChI is InChI=1S/C13H15N5O3/c1-8-11(18(19)20)12(16-13(14)15-8)17(9-4-5-9)7-10-3-2-6-21-10/h2-3,6,9H,4-5,7H2,1H3,(H2,14,15,16). The third-order valence-electron chi connectivity index (χ3n) is 3.41. The molecule has 0 unspecified atom stereocenters. The van der Waals surface area contributed by atoms with Gasteiger partial charge >= 0.3 is 5.69 Å². The van der Waals surface area contributed by atoms with Crippen LogP contribution in [0.5, 0.6) is 0 Å². The molecule has 3 rings (SSSR count). The highest BCUT2D eigenvalue weighted by atomic mass is 16.6. The molecule has 1 aliphatic rings. The molecule has 0 aromatic carbocycles. The van der Waals surface area contributed by atoms with Gasteiger partial charge in [-0.1, -0.05) is 0 Å². The van der Waals surface area contributed by atoms with E-state index in [1.807, 2.05) is 11.0 Å². The van der Waals surface area contributed by atoms with Crippen molar-refractivity contribution in [2.24, 2.45) is 0 Å². The van der Waals surface area contributed by atoms with Crippen molar-refractivity contribution in [3.63, 3.8) is 0 Å². The van der Waals surface area contributed by atoms with E-state index in [4.69, 9.17) is 10.2 Å². The van der Waals surface area contributed by atoms with Crippen LogP contribution in [0.3, 0.4) is 0 Å². The lowest BCUT2D eigenvalue weighted by Crippen LogP contribution is -2.27. The van der Waals surface area contributed by atoms with Crippen molar-refractivity contribution >= 4 is 17.5 Å². The van der Waals surface area contributed by atoms with Crippen LogP contribution in [0.1, 0.15) is 24.3 Å². The Morgan fingerprint density at radius 2 is 2.29 bits per heavy atom. The fourth-order valence-corrected chi connectivity index (χ4v) is 2.32. The predicted octanol–water partition coefficient (Wildman–Crippen LogP) is 2.04. The molecule has 110 valence electrons. The van der Waals surface area contributed by atoms with Crippen LogP contribution in [-0.4, -0.2) is 20.9 Å². The molecule has 0 saturated heterocycles. The van der Waals surface area contributed by atoms with E-state index < -0.39 is 4.92 Å². The topological polar surface area (TPSA) is 111 Å². The summed E-state index contributed by atoms with van der Waals surface area (Å²) in [5, 5.41) is 11.3. The summed E-state index contributed by atoms with van der Waals surface area (Å²) >= 11 is 0. The highest BCUT2D eigenvalue weighted by Gasteiger charge is 2.36. The first-order valence-electron chi connectivity index (χ1n) is 6.64. The fraction of sp³-hybridized carbons (Fsp3) is 0.385. The molecule has 1 saturated carbocycles. The number of hydrogen-bond donors (Lipinski definition) is 1. The van der Waals surface area contributed by atoms with E-state index in [1.54, 1.807) is 19.3 Å². The molecular formula is C13H15N5O3. The third-order valence-corrected chi connectivity index (χ3v) is 3.41. The summed E-state index contributed by atoms with van der Waals surface area (Å²) in [6, 6.07) is 3.84. The molecule has 0 atom stereocenters. The Hall–Kier alpha value is -2.64. The van der Waals surface area contributed by atoms with E-state index >= 15 is 0 Å². The molecule has 0 aliphatic heterocycles. The van der Waals surface area contributed by atoms with Crippen LogP contribution in [0.15, 0.2) is 22.8 Å². The summed E-state index contributed by atoms with van der Waals surface area (Å²) < 4.78 is 5.34. The zero-order valence-electron chi connectivity index (χ0n) is 11.5. The average Bonchev–Trinajstić information content (AvgIpc) is 3.11. The van der Waals surface area contributed by atoms with Crippen LogP contribution in [0.25, 0.3) is 0 Å². The Kier molecular flexibility index (Phi) is 3.20. The van der Waals surface area contributed by atoms with E-state index in [0.29, 0.717) is 6.54 Å². The molecule has 21 heavy (non-hydrogen) atoms. The largest absolute Gasteiger partial charge is 0.467 e. The number of nitrogens with zero attached hydrogens (tertiary/aromatic N) is 4. The highest BCUT2D eigenvalue weighted by Crippen LogP contribution is 2.38. The summed E-state index contributed by atoms with van der Waals surface area (Å²) in [4.78, 5) is 20.8. The Morgan fingerprint density at radius 3 is 2.86 bits per heavy atom. The zero-order chi connectivity index (χ0) is 15.0. The Bertz CT molecular complexity index is 667. The maximum Gasteiger partial charge on any atom is 0.332 e. The lowest BCUT2D eigenvalue weighted by Gasteiger charge is -2.22. The van der Waals surface area contributed by atoms with Gasteiger partial charge in [-0.3, -0.25) is 10.1 Å². The van der Waals surface area contributed by atoms with Crippen LogP contribution in [0.4, 0.5) is 17.5 Å². The lowest BCUT2D eigenvalue weighted by molar-refractivity contribution is -0.385. The number of nitrogen functional groups attached to an aromatic ring is 1. The van der Waals surface area contributed by atoms with Crippen LogP contribution in [0, 0.1) is 17.0 Å². The fourth-order valence-electron chi connectivity index (χ4n) is 2.32. The van der Waals surface area contributed by atoms with Gasteiger partial charge in [0, 0.05) is 6.04 Å². The van der Waals surface area contributed by atoms with Gasteiger partial charge in [-0.25, -0.2) is 4.98 Å². The molecule has 2 heterocycles. The van der Waals surface area contributed by atoms with Crippen molar-refractivity contribution in [2.75, 3.05) is 10.6 Å². The van der Waals surface area contributed by atoms with E-state index in [-0.39, 0.29) is 29.2 Å². The summed E-state index contributed by atoms with van der Waals surface area (Å²) in [6.07, 6.45) is 3.52. The van der Waals surface area contributed by atoms with Crippen LogP contribution in [-0.2, 0) is 6.54 Å². The van der Waals surface area contributed by atoms with Gasteiger partial charge in [0.15, 0.2) is 0 Å². The molecular weight excluding hydrogens is 274 g/mol. The second-order valence-electron chi connectivity index (χ2n) is 5.03. The van der Waals surface area contributed by atoms with Crippen LogP contribution < -0.4 is 10.6 Å². The van der Waals surface area contributed by atoms with Gasteiger partial charge in [-0.2, -0.15) is 4.98 Å². The minimum atomic E-state index is -0.457. The van der Waals surface area contributed by atoms with Crippen molar-refractivity contribution in [3.8, 4) is 0 Å². The first-order valence-corrected chi connectivity index (χ1v) is 6.64. The van der Waals surface area contributed by atoms with Crippen molar-refractivity contribution in [1.82, 2.24) is 9.97 Å². The molecule has 0 spiro atoms. The second-order valence-corrected chi connectivity index (χ2v) is 5.03. The van der Waals surface area contributed by atoms with E-state index in [0.717, 1.165) is 18.6 Å². The average molecular weight is 289 g/mol. The van der Waals surface area contributed by atoms with Gasteiger partial charge in [0.05, 0.1) is 17.7 Å². The Labute approximate surface area is 120 Å². The number of anilines is 2. The van der Waals surface area contributed by atoms with Gasteiger partial charge < -0.3 is 15.1 Å². The van der Waals surface area contributed by atoms with E-state index in [9.17, 15) is 10.1 Å². The Morgan fingerprint density at radius 1 is 1.52 bits per heavy atom. The molecule has 0 radical (unpaired) electrons. The molecule has 1 aliphatic carbocycles. The number of nitro groups is 1. The van der Waals surface area contributed by atoms with E-state index in [2.05, 4.69) is 9.97 Å². The second kappa shape index (κ2) is 5.04. The third kappa shape index (κ3) is 2.64. The summed E-state index contributed by atoms with van der Waals surface area (Å²) in [6.45, 7) is 1.99. The molecule has 0 bridgehead atoms. The molecule has 1 fully saturated rings. The van der Waals surface area contributed by atoms with Crippen molar-refractivity contribution in [1.29, 1.82) is 0 Å². The predicted molar refractivity (Wildman–Crippen MR) is 75.7 cm³/mol. The minimum absolute atomic E-state index is 0.0400. The van der Waals surface area contributed by atoms with Gasteiger partial charge in [0.25, 0.3) is 0 Å².